The van der Waals surface area contributed by atoms with E-state index in [0.717, 1.165) is 13.1 Å². The van der Waals surface area contributed by atoms with Gasteiger partial charge in [0.2, 0.25) is 0 Å². The predicted molar refractivity (Wildman–Crippen MR) is 75.1 cm³/mol. The molecule has 3 heteroatoms. The van der Waals surface area contributed by atoms with Crippen LogP contribution in [0.15, 0.2) is 18.2 Å². The Labute approximate surface area is 104 Å². The van der Waals surface area contributed by atoms with Crippen molar-refractivity contribution in [1.29, 1.82) is 0 Å². The van der Waals surface area contributed by atoms with Crippen molar-refractivity contribution in [2.24, 2.45) is 0 Å². The number of rotatable bonds is 4. The van der Waals surface area contributed by atoms with Gasteiger partial charge in [-0.05, 0) is 44.6 Å². The van der Waals surface area contributed by atoms with Gasteiger partial charge in [-0.15, -0.1) is 0 Å². The van der Waals surface area contributed by atoms with Gasteiger partial charge < -0.3 is 15.1 Å². The summed E-state index contributed by atoms with van der Waals surface area (Å²) in [6.45, 7) is 3.42. The summed E-state index contributed by atoms with van der Waals surface area (Å²) in [6, 6.07) is 6.72. The molecular weight excluding hydrogens is 210 g/mol. The Kier molecular flexibility index (Phi) is 3.89. The maximum Gasteiger partial charge on any atom is 0.0419 e. The Balaban J connectivity index is 2.16. The summed E-state index contributed by atoms with van der Waals surface area (Å²) in [5.74, 6) is 0. The second-order valence-electron chi connectivity index (χ2n) is 4.99. The standard InChI is InChI=1S/C14H23N3/c1-15-13-7-6-12-5-4-8-17(14(12)11-13)10-9-16(2)3/h6-7,11,15H,4-5,8-10H2,1-3H3. The molecule has 1 N–H and O–H groups in total. The Morgan fingerprint density at radius 1 is 1.35 bits per heavy atom. The zero-order valence-corrected chi connectivity index (χ0v) is 11.2. The molecule has 0 unspecified atom stereocenters. The quantitative estimate of drug-likeness (QED) is 0.858. The van der Waals surface area contributed by atoms with Gasteiger partial charge in [0.05, 0.1) is 0 Å². The molecule has 1 aliphatic heterocycles. The van der Waals surface area contributed by atoms with E-state index in [1.807, 2.05) is 7.05 Å². The molecule has 1 aromatic carbocycles. The number of hydrogen-bond donors (Lipinski definition) is 1. The Bertz CT molecular complexity index is 374. The lowest BCUT2D eigenvalue weighted by Gasteiger charge is -2.32. The Morgan fingerprint density at radius 3 is 2.88 bits per heavy atom. The average Bonchev–Trinajstić information content (AvgIpc) is 2.35. The molecule has 1 heterocycles. The van der Waals surface area contributed by atoms with Crippen LogP contribution in [0.1, 0.15) is 12.0 Å². The molecule has 1 aliphatic rings. The zero-order valence-electron chi connectivity index (χ0n) is 11.2. The number of anilines is 2. The van der Waals surface area contributed by atoms with E-state index in [9.17, 15) is 0 Å². The van der Waals surface area contributed by atoms with Gasteiger partial charge in [0, 0.05) is 38.1 Å². The highest BCUT2D eigenvalue weighted by Crippen LogP contribution is 2.29. The fourth-order valence-electron chi connectivity index (χ4n) is 2.36. The molecule has 3 nitrogen and oxygen atoms in total. The number of nitrogens with zero attached hydrogens (tertiary/aromatic N) is 2. The largest absolute Gasteiger partial charge is 0.388 e. The summed E-state index contributed by atoms with van der Waals surface area (Å²) in [4.78, 5) is 4.76. The second kappa shape index (κ2) is 5.41. The number of nitrogens with one attached hydrogen (secondary N) is 1. The topological polar surface area (TPSA) is 18.5 Å². The number of fused-ring (bicyclic) bond motifs is 1. The van der Waals surface area contributed by atoms with Crippen molar-refractivity contribution >= 4 is 11.4 Å². The van der Waals surface area contributed by atoms with E-state index in [0.29, 0.717) is 0 Å². The van der Waals surface area contributed by atoms with Crippen LogP contribution in [-0.2, 0) is 6.42 Å². The minimum Gasteiger partial charge on any atom is -0.388 e. The highest BCUT2D eigenvalue weighted by atomic mass is 15.2. The highest BCUT2D eigenvalue weighted by Gasteiger charge is 2.16. The first-order valence-corrected chi connectivity index (χ1v) is 6.41. The van der Waals surface area contributed by atoms with E-state index in [2.05, 4.69) is 47.4 Å². The van der Waals surface area contributed by atoms with Crippen LogP contribution in [0.4, 0.5) is 11.4 Å². The average molecular weight is 233 g/mol. The summed E-state index contributed by atoms with van der Waals surface area (Å²) in [6.07, 6.45) is 2.50. The van der Waals surface area contributed by atoms with Crippen LogP contribution in [-0.4, -0.2) is 45.7 Å². The van der Waals surface area contributed by atoms with Gasteiger partial charge in [-0.2, -0.15) is 0 Å². The third-order valence-electron chi connectivity index (χ3n) is 3.41. The summed E-state index contributed by atoms with van der Waals surface area (Å²) in [5.41, 5.74) is 4.12. The third-order valence-corrected chi connectivity index (χ3v) is 3.41. The lowest BCUT2D eigenvalue weighted by molar-refractivity contribution is 0.411. The molecular formula is C14H23N3. The molecule has 1 aromatic rings. The van der Waals surface area contributed by atoms with Gasteiger partial charge in [-0.25, -0.2) is 0 Å². The molecule has 0 radical (unpaired) electrons. The molecule has 0 bridgehead atoms. The van der Waals surface area contributed by atoms with E-state index in [1.54, 1.807) is 0 Å². The van der Waals surface area contributed by atoms with E-state index in [-0.39, 0.29) is 0 Å². The SMILES string of the molecule is CNc1ccc2c(c1)N(CCN(C)C)CCC2. The van der Waals surface area contributed by atoms with E-state index in [4.69, 9.17) is 0 Å². The number of hydrogen-bond acceptors (Lipinski definition) is 3. The fraction of sp³-hybridized carbons (Fsp3) is 0.571. The van der Waals surface area contributed by atoms with Crippen LogP contribution < -0.4 is 10.2 Å². The van der Waals surface area contributed by atoms with Gasteiger partial charge in [0.15, 0.2) is 0 Å². The van der Waals surface area contributed by atoms with Crippen LogP contribution in [0.25, 0.3) is 0 Å². The molecule has 0 spiro atoms. The maximum atomic E-state index is 3.23. The minimum absolute atomic E-state index is 1.11. The van der Waals surface area contributed by atoms with Crippen molar-refractivity contribution in [3.05, 3.63) is 23.8 Å². The van der Waals surface area contributed by atoms with Crippen LogP contribution in [0.3, 0.4) is 0 Å². The first-order valence-electron chi connectivity index (χ1n) is 6.41. The minimum atomic E-state index is 1.11. The molecule has 2 rings (SSSR count). The van der Waals surface area contributed by atoms with Crippen LogP contribution in [0, 0.1) is 0 Å². The van der Waals surface area contributed by atoms with Gasteiger partial charge >= 0.3 is 0 Å². The van der Waals surface area contributed by atoms with Crippen molar-refractivity contribution in [3.8, 4) is 0 Å². The van der Waals surface area contributed by atoms with Gasteiger partial charge in [0.1, 0.15) is 0 Å². The van der Waals surface area contributed by atoms with E-state index in [1.165, 1.54) is 36.3 Å². The smallest absolute Gasteiger partial charge is 0.0419 e. The van der Waals surface area contributed by atoms with Gasteiger partial charge in [-0.3, -0.25) is 0 Å². The number of likely N-dealkylation sites (N-methyl/N-ethyl adjacent to an activating group) is 1. The van der Waals surface area contributed by atoms with Crippen molar-refractivity contribution in [3.63, 3.8) is 0 Å². The molecule has 0 aromatic heterocycles. The van der Waals surface area contributed by atoms with Crippen molar-refractivity contribution in [2.75, 3.05) is 51.0 Å². The molecule has 17 heavy (non-hydrogen) atoms. The zero-order chi connectivity index (χ0) is 12.3. The highest BCUT2D eigenvalue weighted by molar-refractivity contribution is 5.63. The molecule has 0 saturated carbocycles. The molecule has 94 valence electrons. The lowest BCUT2D eigenvalue weighted by Crippen LogP contribution is -2.35. The van der Waals surface area contributed by atoms with Crippen LogP contribution in [0.5, 0.6) is 0 Å². The predicted octanol–water partition coefficient (Wildman–Crippen LogP) is 2.04. The number of aryl methyl sites for hydroxylation is 1. The summed E-state index contributed by atoms with van der Waals surface area (Å²) in [5, 5.41) is 3.23. The maximum absolute atomic E-state index is 3.23. The molecule has 0 saturated heterocycles. The second-order valence-corrected chi connectivity index (χ2v) is 4.99. The Hall–Kier alpha value is -1.22. The first kappa shape index (κ1) is 12.2. The molecule has 0 atom stereocenters. The van der Waals surface area contributed by atoms with Gasteiger partial charge in [0.25, 0.3) is 0 Å². The molecule has 0 fully saturated rings. The van der Waals surface area contributed by atoms with E-state index >= 15 is 0 Å². The first-order chi connectivity index (χ1) is 8.20. The fourth-order valence-corrected chi connectivity index (χ4v) is 2.36. The Morgan fingerprint density at radius 2 is 2.18 bits per heavy atom. The summed E-state index contributed by atoms with van der Waals surface area (Å²) < 4.78 is 0. The van der Waals surface area contributed by atoms with Crippen molar-refractivity contribution < 1.29 is 0 Å². The number of benzene rings is 1. The lowest BCUT2D eigenvalue weighted by atomic mass is 10.0. The van der Waals surface area contributed by atoms with Crippen molar-refractivity contribution in [1.82, 2.24) is 4.90 Å². The van der Waals surface area contributed by atoms with Crippen LogP contribution in [0.2, 0.25) is 0 Å². The van der Waals surface area contributed by atoms with Gasteiger partial charge in [-0.1, -0.05) is 6.07 Å². The van der Waals surface area contributed by atoms with E-state index < -0.39 is 0 Å². The third kappa shape index (κ3) is 2.91. The normalized spacial score (nSPS) is 14.9. The van der Waals surface area contributed by atoms with Crippen molar-refractivity contribution in [2.45, 2.75) is 12.8 Å². The molecule has 0 aliphatic carbocycles. The molecule has 0 amide bonds. The monoisotopic (exact) mass is 233 g/mol. The summed E-state index contributed by atoms with van der Waals surface area (Å²) in [7, 11) is 6.25. The summed E-state index contributed by atoms with van der Waals surface area (Å²) >= 11 is 0. The van der Waals surface area contributed by atoms with Crippen LogP contribution >= 0.6 is 0 Å².